The first-order chi connectivity index (χ1) is 18.6. The fourth-order valence-corrected chi connectivity index (χ4v) is 5.85. The zero-order valence-corrected chi connectivity index (χ0v) is 24.0. The number of amides is 1. The lowest BCUT2D eigenvalue weighted by Crippen LogP contribution is -2.37. The first-order valence-corrected chi connectivity index (χ1v) is 14.3. The van der Waals surface area contributed by atoms with E-state index in [4.69, 9.17) is 16.2 Å². The molecule has 0 saturated heterocycles. The number of nitrogens with two attached hydrogens (primary N) is 2. The van der Waals surface area contributed by atoms with E-state index in [0.29, 0.717) is 17.0 Å². The summed E-state index contributed by atoms with van der Waals surface area (Å²) in [5.41, 5.74) is 16.5. The van der Waals surface area contributed by atoms with E-state index in [2.05, 4.69) is 17.2 Å². The molecule has 0 bridgehead atoms. The summed E-state index contributed by atoms with van der Waals surface area (Å²) >= 11 is 1.82. The van der Waals surface area contributed by atoms with Crippen LogP contribution in [0.3, 0.4) is 0 Å². The molecule has 0 saturated carbocycles. The van der Waals surface area contributed by atoms with Crippen molar-refractivity contribution in [3.63, 3.8) is 0 Å². The van der Waals surface area contributed by atoms with Gasteiger partial charge in [-0.1, -0.05) is 0 Å². The van der Waals surface area contributed by atoms with Crippen molar-refractivity contribution in [1.82, 2.24) is 0 Å². The summed E-state index contributed by atoms with van der Waals surface area (Å²) < 4.78 is 6.56. The van der Waals surface area contributed by atoms with E-state index in [1.807, 2.05) is 56.8 Å². The molecule has 0 radical (unpaired) electrons. The number of hydrogen-bond acceptors (Lipinski definition) is 5. The van der Waals surface area contributed by atoms with E-state index in [9.17, 15) is 9.90 Å². The van der Waals surface area contributed by atoms with E-state index in [-0.39, 0.29) is 17.5 Å². The summed E-state index contributed by atoms with van der Waals surface area (Å²) in [6, 6.07) is 14.7. The molecule has 8 heteroatoms. The second kappa shape index (κ2) is 12.0. The van der Waals surface area contributed by atoms with Gasteiger partial charge in [0.15, 0.2) is 5.96 Å². The molecule has 0 fully saturated rings. The monoisotopic (exact) mass is 546 g/mol. The number of aliphatic imine (C=N–C) groups is 1. The number of rotatable bonds is 9. The maximum absolute atomic E-state index is 12.5. The molecule has 1 aliphatic rings. The van der Waals surface area contributed by atoms with Crippen molar-refractivity contribution in [2.24, 2.45) is 16.5 Å². The van der Waals surface area contributed by atoms with Crippen LogP contribution >= 0.6 is 11.8 Å². The van der Waals surface area contributed by atoms with Crippen LogP contribution in [0.1, 0.15) is 65.2 Å². The fraction of sp³-hybridized carbons (Fsp3) is 0.355. The van der Waals surface area contributed by atoms with Crippen molar-refractivity contribution in [3.8, 4) is 11.5 Å². The van der Waals surface area contributed by atoms with E-state index in [1.54, 1.807) is 24.3 Å². The molecule has 4 rings (SSSR count). The van der Waals surface area contributed by atoms with Crippen molar-refractivity contribution in [2.75, 3.05) is 11.1 Å². The second-order valence-corrected chi connectivity index (χ2v) is 11.6. The van der Waals surface area contributed by atoms with Gasteiger partial charge in [-0.05, 0) is 131 Å². The van der Waals surface area contributed by atoms with E-state index in [0.717, 1.165) is 71.5 Å². The predicted molar refractivity (Wildman–Crippen MR) is 161 cm³/mol. The van der Waals surface area contributed by atoms with Crippen LogP contribution in [0.25, 0.3) is 0 Å². The number of ether oxygens (including phenoxy) is 1. The average Bonchev–Trinajstić information content (AvgIpc) is 2.91. The molecular weight excluding hydrogens is 508 g/mol. The Balaban J connectivity index is 1.22. The Morgan fingerprint density at radius 1 is 1.03 bits per heavy atom. The van der Waals surface area contributed by atoms with Gasteiger partial charge in [-0.2, -0.15) is 0 Å². The topological polar surface area (TPSA) is 123 Å². The number of anilines is 1. The molecule has 1 heterocycles. The number of nitrogens with zero attached hydrogens (tertiary/aromatic N) is 1. The van der Waals surface area contributed by atoms with Crippen molar-refractivity contribution in [2.45, 2.75) is 70.3 Å². The van der Waals surface area contributed by atoms with Crippen molar-refractivity contribution in [1.29, 1.82) is 0 Å². The van der Waals surface area contributed by atoms with Crippen molar-refractivity contribution in [3.05, 3.63) is 76.3 Å². The Hall–Kier alpha value is -3.65. The Labute approximate surface area is 235 Å². The molecule has 0 aromatic heterocycles. The summed E-state index contributed by atoms with van der Waals surface area (Å²) in [7, 11) is 0. The smallest absolute Gasteiger partial charge is 0.255 e. The van der Waals surface area contributed by atoms with Gasteiger partial charge >= 0.3 is 0 Å². The van der Waals surface area contributed by atoms with Gasteiger partial charge in [-0.25, -0.2) is 4.99 Å². The van der Waals surface area contributed by atoms with E-state index >= 15 is 0 Å². The van der Waals surface area contributed by atoms with Crippen molar-refractivity contribution < 1.29 is 14.6 Å². The van der Waals surface area contributed by atoms with Gasteiger partial charge < -0.3 is 26.6 Å². The number of hydrogen-bond donors (Lipinski definition) is 4. The Bertz CT molecular complexity index is 1370. The number of fused-ring (bicyclic) bond motifs is 1. The summed E-state index contributed by atoms with van der Waals surface area (Å²) in [6.45, 7) is 8.20. The van der Waals surface area contributed by atoms with Crippen LogP contribution in [-0.2, 0) is 6.42 Å². The van der Waals surface area contributed by atoms with E-state index in [1.165, 1.54) is 4.90 Å². The highest BCUT2D eigenvalue weighted by molar-refractivity contribution is 7.99. The highest BCUT2D eigenvalue weighted by Crippen LogP contribution is 2.44. The lowest BCUT2D eigenvalue weighted by atomic mass is 9.85. The largest absolute Gasteiger partial charge is 0.507 e. The zero-order valence-electron chi connectivity index (χ0n) is 23.1. The summed E-state index contributed by atoms with van der Waals surface area (Å²) in [6.07, 6.45) is 5.08. The quantitative estimate of drug-likeness (QED) is 0.105. The summed E-state index contributed by atoms with van der Waals surface area (Å²) in [4.78, 5) is 17.7. The van der Waals surface area contributed by atoms with Crippen LogP contribution < -0.4 is 21.5 Å². The van der Waals surface area contributed by atoms with Gasteiger partial charge in [0.1, 0.15) is 17.1 Å². The molecular formula is C31H38N4O3S. The van der Waals surface area contributed by atoms with Gasteiger partial charge in [-0.3, -0.25) is 4.79 Å². The SMILES string of the molecule is Cc1c(C)c2c(c(C)c1O)CCC(C)(CCCCSc1ccc(NC(=O)c3ccc(N=C(N)N)cc3)cc1)O2. The number of carbonyl (C=O) groups excluding carboxylic acids is 1. The first kappa shape index (κ1) is 28.4. The number of benzene rings is 3. The van der Waals surface area contributed by atoms with Crippen LogP contribution in [0.5, 0.6) is 11.5 Å². The van der Waals surface area contributed by atoms with Gasteiger partial charge in [0.25, 0.3) is 5.91 Å². The molecule has 1 aliphatic heterocycles. The predicted octanol–water partition coefficient (Wildman–Crippen LogP) is 6.52. The van der Waals surface area contributed by atoms with Gasteiger partial charge in [-0.15, -0.1) is 11.8 Å². The molecule has 0 aliphatic carbocycles. The molecule has 1 amide bonds. The number of phenolic OH excluding ortho intramolecular Hbond substituents is 1. The average molecular weight is 547 g/mol. The third kappa shape index (κ3) is 6.87. The van der Waals surface area contributed by atoms with Gasteiger partial charge in [0.2, 0.25) is 0 Å². The lowest BCUT2D eigenvalue weighted by molar-refractivity contribution is 0.0527. The Morgan fingerprint density at radius 2 is 1.72 bits per heavy atom. The molecule has 6 N–H and O–H groups in total. The van der Waals surface area contributed by atoms with Crippen LogP contribution in [-0.4, -0.2) is 28.3 Å². The number of phenols is 1. The fourth-order valence-electron chi connectivity index (χ4n) is 4.94. The highest BCUT2D eigenvalue weighted by atomic mass is 32.2. The molecule has 1 unspecified atom stereocenters. The molecule has 7 nitrogen and oxygen atoms in total. The number of thioether (sulfide) groups is 1. The van der Waals surface area contributed by atoms with E-state index < -0.39 is 0 Å². The molecule has 3 aromatic carbocycles. The first-order valence-electron chi connectivity index (χ1n) is 13.3. The summed E-state index contributed by atoms with van der Waals surface area (Å²) in [5.74, 6) is 2.19. The zero-order chi connectivity index (χ0) is 28.2. The van der Waals surface area contributed by atoms with Crippen LogP contribution in [0, 0.1) is 20.8 Å². The lowest BCUT2D eigenvalue weighted by Gasteiger charge is -2.38. The Kier molecular flexibility index (Phi) is 8.75. The van der Waals surface area contributed by atoms with Crippen LogP contribution in [0.4, 0.5) is 11.4 Å². The molecule has 1 atom stereocenters. The normalized spacial score (nSPS) is 16.2. The third-order valence-corrected chi connectivity index (χ3v) is 8.56. The van der Waals surface area contributed by atoms with Gasteiger partial charge in [0, 0.05) is 21.7 Å². The number of aromatic hydroxyl groups is 1. The maximum Gasteiger partial charge on any atom is 0.255 e. The second-order valence-electron chi connectivity index (χ2n) is 10.5. The highest BCUT2D eigenvalue weighted by Gasteiger charge is 2.34. The standard InChI is InChI=1S/C31H38N4O3S/c1-19-20(2)28-26(21(3)27(19)36)15-17-31(4,38-28)16-5-6-18-39-25-13-11-23(12-14-25)34-29(37)22-7-9-24(10-8-22)35-30(32)33/h7-14,36H,5-6,15-18H2,1-4H3,(H,34,37)(H4,32,33,35). The Morgan fingerprint density at radius 3 is 2.38 bits per heavy atom. The van der Waals surface area contributed by atoms with Gasteiger partial charge in [0.05, 0.1) is 5.69 Å². The minimum absolute atomic E-state index is 0.0217. The molecule has 0 spiro atoms. The maximum atomic E-state index is 12.5. The number of guanidine groups is 1. The minimum atomic E-state index is -0.190. The molecule has 39 heavy (non-hydrogen) atoms. The molecule has 206 valence electrons. The molecule has 3 aromatic rings. The third-order valence-electron chi connectivity index (χ3n) is 7.46. The number of nitrogens with one attached hydrogen (secondary N) is 1. The number of carbonyl (C=O) groups is 1. The van der Waals surface area contributed by atoms with Crippen LogP contribution in [0.15, 0.2) is 58.4 Å². The number of unbranched alkanes of at least 4 members (excludes halogenated alkanes) is 1. The summed E-state index contributed by atoms with van der Waals surface area (Å²) in [5, 5.41) is 13.3. The van der Waals surface area contributed by atoms with Crippen LogP contribution in [0.2, 0.25) is 0 Å². The van der Waals surface area contributed by atoms with Crippen molar-refractivity contribution >= 4 is 35.0 Å². The minimum Gasteiger partial charge on any atom is -0.507 e.